The molecular formula is C24H15BrCl2FN3O2. The molecule has 9 heteroatoms. The molecule has 0 atom stereocenters. The lowest BCUT2D eigenvalue weighted by Crippen LogP contribution is -2.00. The van der Waals surface area contributed by atoms with Gasteiger partial charge in [-0.25, -0.2) is 9.37 Å². The van der Waals surface area contributed by atoms with Gasteiger partial charge in [0.1, 0.15) is 24.3 Å². The van der Waals surface area contributed by atoms with Crippen LogP contribution in [0.3, 0.4) is 0 Å². The molecule has 33 heavy (non-hydrogen) atoms. The van der Waals surface area contributed by atoms with Gasteiger partial charge in [-0.05, 0) is 70.0 Å². The summed E-state index contributed by atoms with van der Waals surface area (Å²) >= 11 is 15.7. The largest absolute Gasteiger partial charge is 0.493 e. The molecule has 4 aromatic rings. The van der Waals surface area contributed by atoms with Crippen molar-refractivity contribution in [2.75, 3.05) is 7.11 Å². The van der Waals surface area contributed by atoms with E-state index in [4.69, 9.17) is 32.7 Å². The van der Waals surface area contributed by atoms with Gasteiger partial charge >= 0.3 is 0 Å². The molecule has 0 aliphatic rings. The molecule has 0 saturated heterocycles. The van der Waals surface area contributed by atoms with Gasteiger partial charge in [0, 0.05) is 15.6 Å². The molecule has 5 nitrogen and oxygen atoms in total. The Kier molecular flexibility index (Phi) is 6.89. The number of hydrogen-bond donors (Lipinski definition) is 1. The number of allylic oxidation sites excluding steroid dienone is 1. The molecule has 0 fully saturated rings. The van der Waals surface area contributed by atoms with E-state index in [1.165, 1.54) is 19.2 Å². The summed E-state index contributed by atoms with van der Waals surface area (Å²) in [5.74, 6) is 0.901. The summed E-state index contributed by atoms with van der Waals surface area (Å²) in [6, 6.07) is 15.1. The third-order valence-corrected chi connectivity index (χ3v) is 5.95. The normalized spacial score (nSPS) is 11.5. The van der Waals surface area contributed by atoms with Gasteiger partial charge in [-0.3, -0.25) is 0 Å². The Hall–Kier alpha value is -3.05. The van der Waals surface area contributed by atoms with E-state index in [-0.39, 0.29) is 18.0 Å². The first kappa shape index (κ1) is 23.1. The number of fused-ring (bicyclic) bond motifs is 1. The molecule has 0 amide bonds. The fourth-order valence-corrected chi connectivity index (χ4v) is 4.22. The van der Waals surface area contributed by atoms with E-state index in [1.54, 1.807) is 42.5 Å². The number of imidazole rings is 1. The topological polar surface area (TPSA) is 70.9 Å². The number of H-pyrrole nitrogens is 1. The van der Waals surface area contributed by atoms with Gasteiger partial charge in [0.2, 0.25) is 0 Å². The second kappa shape index (κ2) is 9.84. The van der Waals surface area contributed by atoms with Crippen LogP contribution in [0.1, 0.15) is 17.0 Å². The molecule has 0 aliphatic carbocycles. The molecule has 0 spiro atoms. The van der Waals surface area contributed by atoms with E-state index >= 15 is 0 Å². The van der Waals surface area contributed by atoms with Crippen molar-refractivity contribution in [2.24, 2.45) is 0 Å². The van der Waals surface area contributed by atoms with Gasteiger partial charge in [0.05, 0.1) is 28.2 Å². The first-order valence-corrected chi connectivity index (χ1v) is 11.1. The monoisotopic (exact) mass is 545 g/mol. The third kappa shape index (κ3) is 5.14. The molecule has 0 bridgehead atoms. The highest BCUT2D eigenvalue weighted by atomic mass is 79.9. The molecule has 1 aromatic heterocycles. The van der Waals surface area contributed by atoms with Crippen LogP contribution in [0.25, 0.3) is 22.7 Å². The number of benzene rings is 3. The lowest BCUT2D eigenvalue weighted by atomic mass is 10.1. The summed E-state index contributed by atoms with van der Waals surface area (Å²) in [6.07, 6.45) is 1.65. The lowest BCUT2D eigenvalue weighted by Gasteiger charge is -2.14. The number of aromatic amines is 1. The molecule has 1 N–H and O–H groups in total. The standard InChI is InChI=1S/C24H15BrCl2FN3O2/c1-32-22-8-13(6-15(11-29)24-30-20-5-4-17(28)10-21(20)31-24)7-18(25)23(22)33-12-14-2-3-16(26)9-19(14)27/h2-10H,12H2,1H3,(H,30,31)/b15-6-. The van der Waals surface area contributed by atoms with Gasteiger partial charge in [-0.15, -0.1) is 0 Å². The Morgan fingerprint density at radius 2 is 2.03 bits per heavy atom. The molecule has 3 aromatic carbocycles. The lowest BCUT2D eigenvalue weighted by molar-refractivity contribution is 0.282. The highest BCUT2D eigenvalue weighted by Crippen LogP contribution is 2.38. The number of methoxy groups -OCH3 is 1. The number of rotatable bonds is 6. The van der Waals surface area contributed by atoms with E-state index < -0.39 is 0 Å². The molecular weight excluding hydrogens is 532 g/mol. The van der Waals surface area contributed by atoms with Gasteiger partial charge < -0.3 is 14.5 Å². The predicted octanol–water partition coefficient (Wildman–Crippen LogP) is 7.42. The maximum absolute atomic E-state index is 13.5. The van der Waals surface area contributed by atoms with Crippen LogP contribution in [0.2, 0.25) is 10.0 Å². The first-order valence-electron chi connectivity index (χ1n) is 9.59. The zero-order valence-corrected chi connectivity index (χ0v) is 20.2. The minimum Gasteiger partial charge on any atom is -0.493 e. The molecule has 1 heterocycles. The van der Waals surface area contributed by atoms with Gasteiger partial charge in [0.15, 0.2) is 11.5 Å². The Morgan fingerprint density at radius 3 is 2.76 bits per heavy atom. The summed E-state index contributed by atoms with van der Waals surface area (Å²) in [5, 5.41) is 10.7. The summed E-state index contributed by atoms with van der Waals surface area (Å²) in [6.45, 7) is 0.207. The summed E-state index contributed by atoms with van der Waals surface area (Å²) in [4.78, 5) is 7.36. The van der Waals surface area contributed by atoms with Crippen LogP contribution in [0, 0.1) is 17.1 Å². The first-order chi connectivity index (χ1) is 15.9. The third-order valence-electron chi connectivity index (χ3n) is 4.77. The number of hydrogen-bond acceptors (Lipinski definition) is 4. The average molecular weight is 547 g/mol. The Bertz CT molecular complexity index is 1430. The maximum Gasteiger partial charge on any atom is 0.175 e. The van der Waals surface area contributed by atoms with Gasteiger partial charge in [-0.1, -0.05) is 29.3 Å². The molecule has 0 saturated carbocycles. The number of ether oxygens (including phenoxy) is 2. The Morgan fingerprint density at radius 1 is 1.21 bits per heavy atom. The van der Waals surface area contributed by atoms with E-state index in [1.807, 2.05) is 0 Å². The maximum atomic E-state index is 13.5. The van der Waals surface area contributed by atoms with Crippen molar-refractivity contribution in [1.82, 2.24) is 9.97 Å². The second-order valence-electron chi connectivity index (χ2n) is 6.98. The highest BCUT2D eigenvalue weighted by molar-refractivity contribution is 9.10. The zero-order valence-electron chi connectivity index (χ0n) is 17.1. The molecule has 4 rings (SSSR count). The fourth-order valence-electron chi connectivity index (χ4n) is 3.18. The van der Waals surface area contributed by atoms with Gasteiger partial charge in [-0.2, -0.15) is 5.26 Å². The number of aromatic nitrogens is 2. The highest BCUT2D eigenvalue weighted by Gasteiger charge is 2.14. The zero-order chi connectivity index (χ0) is 23.5. The number of halogens is 4. The van der Waals surface area contributed by atoms with Crippen LogP contribution in [-0.4, -0.2) is 17.1 Å². The minimum atomic E-state index is -0.385. The fraction of sp³-hybridized carbons (Fsp3) is 0.0833. The number of nitrogens with zero attached hydrogens (tertiary/aromatic N) is 2. The molecule has 0 radical (unpaired) electrons. The summed E-state index contributed by atoms with van der Waals surface area (Å²) in [5.41, 5.74) is 2.80. The average Bonchev–Trinajstić information content (AvgIpc) is 3.20. The summed E-state index contributed by atoms with van der Waals surface area (Å²) < 4.78 is 25.6. The SMILES string of the molecule is COc1cc(/C=C(/C#N)c2nc3ccc(F)cc3[nH]2)cc(Br)c1OCc1ccc(Cl)cc1Cl. The van der Waals surface area contributed by atoms with Crippen molar-refractivity contribution in [1.29, 1.82) is 5.26 Å². The van der Waals surface area contributed by atoms with Crippen molar-refractivity contribution >= 4 is 61.8 Å². The van der Waals surface area contributed by atoms with Gasteiger partial charge in [0.25, 0.3) is 0 Å². The molecule has 0 unspecified atom stereocenters. The molecule has 166 valence electrons. The summed E-state index contributed by atoms with van der Waals surface area (Å²) in [7, 11) is 1.52. The van der Waals surface area contributed by atoms with Crippen LogP contribution in [0.5, 0.6) is 11.5 Å². The Balaban J connectivity index is 1.64. The van der Waals surface area contributed by atoms with Crippen LogP contribution in [-0.2, 0) is 6.61 Å². The van der Waals surface area contributed by atoms with Crippen molar-refractivity contribution in [3.05, 3.63) is 85.8 Å². The second-order valence-corrected chi connectivity index (χ2v) is 8.67. The van der Waals surface area contributed by atoms with E-state index in [9.17, 15) is 9.65 Å². The number of nitrogens with one attached hydrogen (secondary N) is 1. The van der Waals surface area contributed by atoms with Crippen molar-refractivity contribution in [2.45, 2.75) is 6.61 Å². The Labute approximate surface area is 207 Å². The van der Waals surface area contributed by atoms with Crippen LogP contribution < -0.4 is 9.47 Å². The minimum absolute atomic E-state index is 0.207. The van der Waals surface area contributed by atoms with E-state index in [2.05, 4.69) is 32.0 Å². The van der Waals surface area contributed by atoms with Crippen molar-refractivity contribution in [3.8, 4) is 17.6 Å². The predicted molar refractivity (Wildman–Crippen MR) is 131 cm³/mol. The van der Waals surface area contributed by atoms with Crippen LogP contribution in [0.15, 0.2) is 53.0 Å². The van der Waals surface area contributed by atoms with Crippen molar-refractivity contribution < 1.29 is 13.9 Å². The molecule has 0 aliphatic heterocycles. The van der Waals surface area contributed by atoms with Crippen LogP contribution >= 0.6 is 39.1 Å². The van der Waals surface area contributed by atoms with E-state index in [0.29, 0.717) is 48.4 Å². The van der Waals surface area contributed by atoms with E-state index in [0.717, 1.165) is 5.56 Å². The van der Waals surface area contributed by atoms with Crippen molar-refractivity contribution in [3.63, 3.8) is 0 Å². The smallest absolute Gasteiger partial charge is 0.175 e. The van der Waals surface area contributed by atoms with Crippen LogP contribution in [0.4, 0.5) is 4.39 Å². The quantitative estimate of drug-likeness (QED) is 0.255. The number of nitriles is 1.